The Morgan fingerprint density at radius 1 is 1.02 bits per heavy atom. The van der Waals surface area contributed by atoms with Crippen molar-refractivity contribution in [2.45, 2.75) is 45.2 Å². The predicted octanol–water partition coefficient (Wildman–Crippen LogP) is 2.98. The molecule has 0 spiro atoms. The van der Waals surface area contributed by atoms with Crippen molar-refractivity contribution < 1.29 is 28.7 Å². The quantitative estimate of drug-likeness (QED) is 0.259. The molecule has 4 N–H and O–H groups in total. The van der Waals surface area contributed by atoms with Gasteiger partial charge in [0.25, 0.3) is 5.91 Å². The number of hydrogen-bond acceptors (Lipinski definition) is 6. The first-order valence-corrected chi connectivity index (χ1v) is 13.5. The number of amides is 3. The Morgan fingerprint density at radius 3 is 2.48 bits per heavy atom. The second-order valence-electron chi connectivity index (χ2n) is 10.4. The molecule has 0 saturated carbocycles. The number of aromatic amines is 1. The van der Waals surface area contributed by atoms with Crippen molar-refractivity contribution in [1.82, 2.24) is 20.9 Å². The molecule has 212 valence electrons. The fraction of sp³-hybridized carbons (Fsp3) is 0.400. The number of methoxy groups -OCH3 is 1. The van der Waals surface area contributed by atoms with Crippen LogP contribution in [0.25, 0.3) is 10.9 Å². The molecule has 1 aromatic heterocycles. The van der Waals surface area contributed by atoms with Crippen LogP contribution < -0.4 is 25.4 Å². The van der Waals surface area contributed by atoms with E-state index in [0.29, 0.717) is 30.9 Å². The summed E-state index contributed by atoms with van der Waals surface area (Å²) < 4.78 is 11.0. The van der Waals surface area contributed by atoms with Crippen LogP contribution in [0.3, 0.4) is 0 Å². The van der Waals surface area contributed by atoms with Gasteiger partial charge in [-0.05, 0) is 55.5 Å². The maximum atomic E-state index is 13.5. The third-order valence-corrected chi connectivity index (χ3v) is 6.93. The van der Waals surface area contributed by atoms with Gasteiger partial charge in [0.15, 0.2) is 5.78 Å². The van der Waals surface area contributed by atoms with Crippen LogP contribution in [0.1, 0.15) is 43.6 Å². The molecule has 4 rings (SSSR count). The van der Waals surface area contributed by atoms with Crippen molar-refractivity contribution in [2.24, 2.45) is 11.8 Å². The Labute approximate surface area is 233 Å². The van der Waals surface area contributed by atoms with E-state index in [1.807, 2.05) is 32.0 Å². The molecule has 3 atom stereocenters. The van der Waals surface area contributed by atoms with Gasteiger partial charge < -0.3 is 30.4 Å². The average molecular weight is 549 g/mol. The summed E-state index contributed by atoms with van der Waals surface area (Å²) in [5.74, 6) is -0.609. The van der Waals surface area contributed by atoms with E-state index in [1.54, 1.807) is 43.5 Å². The van der Waals surface area contributed by atoms with Crippen LogP contribution in [0, 0.1) is 11.8 Å². The normalized spacial score (nSPS) is 16.3. The SMILES string of the molecule is COc1cccc2[nH]c(C(=O)N[C@@H](CC(C)C)C(=O)N[C@@H](C[C@@H]3CCNC3=O)C(=O)COc3ccccc3)cc12. The highest BCUT2D eigenvalue weighted by molar-refractivity contribution is 6.02. The minimum atomic E-state index is -0.950. The number of ketones is 1. The van der Waals surface area contributed by atoms with E-state index in [2.05, 4.69) is 20.9 Å². The molecule has 10 nitrogen and oxygen atoms in total. The fourth-order valence-electron chi connectivity index (χ4n) is 4.84. The summed E-state index contributed by atoms with van der Waals surface area (Å²) >= 11 is 0. The maximum Gasteiger partial charge on any atom is 0.268 e. The van der Waals surface area contributed by atoms with Crippen molar-refractivity contribution in [3.8, 4) is 11.5 Å². The molecule has 3 aromatic rings. The lowest BCUT2D eigenvalue weighted by Crippen LogP contribution is -2.53. The summed E-state index contributed by atoms with van der Waals surface area (Å²) in [6.07, 6.45) is 1.08. The smallest absolute Gasteiger partial charge is 0.268 e. The molecule has 3 amide bonds. The minimum absolute atomic E-state index is 0.0787. The Bertz CT molecular complexity index is 1350. The molecule has 10 heteroatoms. The first kappa shape index (κ1) is 28.7. The highest BCUT2D eigenvalue weighted by Gasteiger charge is 2.33. The second-order valence-corrected chi connectivity index (χ2v) is 10.4. The fourth-order valence-corrected chi connectivity index (χ4v) is 4.84. The number of fused-ring (bicyclic) bond motifs is 1. The number of H-pyrrole nitrogens is 1. The van der Waals surface area contributed by atoms with Crippen LogP contribution in [-0.4, -0.2) is 60.8 Å². The molecule has 0 unspecified atom stereocenters. The number of Topliss-reactive ketones (excluding diaryl/α,β-unsaturated/α-hetero) is 1. The van der Waals surface area contributed by atoms with E-state index >= 15 is 0 Å². The van der Waals surface area contributed by atoms with E-state index in [-0.39, 0.29) is 36.3 Å². The van der Waals surface area contributed by atoms with Gasteiger partial charge in [0.05, 0.1) is 13.2 Å². The Kier molecular flexibility index (Phi) is 9.42. The van der Waals surface area contributed by atoms with Crippen molar-refractivity contribution in [2.75, 3.05) is 20.3 Å². The summed E-state index contributed by atoms with van der Waals surface area (Å²) in [7, 11) is 1.56. The average Bonchev–Trinajstić information content (AvgIpc) is 3.57. The monoisotopic (exact) mass is 548 g/mol. The Hall–Kier alpha value is -4.34. The number of benzene rings is 2. The number of para-hydroxylation sites is 1. The number of ether oxygens (including phenoxy) is 2. The first-order valence-electron chi connectivity index (χ1n) is 13.5. The summed E-state index contributed by atoms with van der Waals surface area (Å²) in [6.45, 7) is 4.15. The summed E-state index contributed by atoms with van der Waals surface area (Å²) in [6, 6.07) is 14.2. The van der Waals surface area contributed by atoms with E-state index < -0.39 is 29.8 Å². The van der Waals surface area contributed by atoms with Gasteiger partial charge in [-0.25, -0.2) is 0 Å². The first-order chi connectivity index (χ1) is 19.2. The Morgan fingerprint density at radius 2 is 1.80 bits per heavy atom. The highest BCUT2D eigenvalue weighted by Crippen LogP contribution is 2.26. The Balaban J connectivity index is 1.49. The molecule has 0 bridgehead atoms. The van der Waals surface area contributed by atoms with Gasteiger partial charge in [-0.15, -0.1) is 0 Å². The topological polar surface area (TPSA) is 139 Å². The van der Waals surface area contributed by atoms with Gasteiger partial charge in [0, 0.05) is 23.4 Å². The zero-order chi connectivity index (χ0) is 28.6. The van der Waals surface area contributed by atoms with Crippen molar-refractivity contribution in [3.05, 3.63) is 60.3 Å². The molecular formula is C30H36N4O6. The van der Waals surface area contributed by atoms with E-state index in [0.717, 1.165) is 10.9 Å². The molecule has 1 saturated heterocycles. The van der Waals surface area contributed by atoms with Gasteiger partial charge in [-0.2, -0.15) is 0 Å². The largest absolute Gasteiger partial charge is 0.496 e. The third kappa shape index (κ3) is 7.19. The summed E-state index contributed by atoms with van der Waals surface area (Å²) in [5, 5.41) is 9.16. The van der Waals surface area contributed by atoms with E-state index in [4.69, 9.17) is 9.47 Å². The van der Waals surface area contributed by atoms with Gasteiger partial charge in [0.2, 0.25) is 11.8 Å². The third-order valence-electron chi connectivity index (χ3n) is 6.93. The van der Waals surface area contributed by atoms with Gasteiger partial charge in [0.1, 0.15) is 29.8 Å². The molecule has 2 heterocycles. The molecule has 1 aliphatic rings. The number of nitrogens with one attached hydrogen (secondary N) is 4. The standard InChI is InChI=1S/C30H36N4O6/c1-18(2)14-24(34-30(38)25-16-21-22(32-25)10-7-11-27(21)39-3)29(37)33-23(15-19-12-13-31-28(19)36)26(35)17-40-20-8-5-4-6-9-20/h4-11,16,18-19,23-24,32H,12-15,17H2,1-3H3,(H,31,36)(H,33,37)(H,34,38)/t19-,23-,24-/m0/s1. The van der Waals surface area contributed by atoms with Crippen LogP contribution in [0.5, 0.6) is 11.5 Å². The van der Waals surface area contributed by atoms with Gasteiger partial charge >= 0.3 is 0 Å². The van der Waals surface area contributed by atoms with Crippen LogP contribution in [-0.2, 0) is 14.4 Å². The number of hydrogen-bond donors (Lipinski definition) is 4. The number of aromatic nitrogens is 1. The van der Waals surface area contributed by atoms with Crippen LogP contribution >= 0.6 is 0 Å². The lowest BCUT2D eigenvalue weighted by Gasteiger charge is -2.25. The van der Waals surface area contributed by atoms with Crippen LogP contribution in [0.2, 0.25) is 0 Å². The number of carbonyl (C=O) groups excluding carboxylic acids is 4. The maximum absolute atomic E-state index is 13.5. The lowest BCUT2D eigenvalue weighted by molar-refractivity contribution is -0.131. The predicted molar refractivity (Wildman–Crippen MR) is 150 cm³/mol. The summed E-state index contributed by atoms with van der Waals surface area (Å²) in [5.41, 5.74) is 1.01. The number of rotatable bonds is 13. The van der Waals surface area contributed by atoms with Gasteiger partial charge in [-0.3, -0.25) is 19.2 Å². The van der Waals surface area contributed by atoms with Crippen molar-refractivity contribution in [1.29, 1.82) is 0 Å². The molecule has 1 fully saturated rings. The van der Waals surface area contributed by atoms with Crippen LogP contribution in [0.15, 0.2) is 54.6 Å². The molecule has 1 aliphatic heterocycles. The zero-order valence-electron chi connectivity index (χ0n) is 23.0. The highest BCUT2D eigenvalue weighted by atomic mass is 16.5. The number of carbonyl (C=O) groups is 4. The summed E-state index contributed by atoms with van der Waals surface area (Å²) in [4.78, 5) is 55.3. The lowest BCUT2D eigenvalue weighted by atomic mass is 9.95. The molecule has 0 radical (unpaired) electrons. The molecule has 0 aliphatic carbocycles. The minimum Gasteiger partial charge on any atom is -0.496 e. The molecule has 40 heavy (non-hydrogen) atoms. The van der Waals surface area contributed by atoms with Crippen molar-refractivity contribution in [3.63, 3.8) is 0 Å². The zero-order valence-corrected chi connectivity index (χ0v) is 23.0. The van der Waals surface area contributed by atoms with E-state index in [1.165, 1.54) is 0 Å². The molecule has 2 aromatic carbocycles. The van der Waals surface area contributed by atoms with Crippen molar-refractivity contribution >= 4 is 34.4 Å². The second kappa shape index (κ2) is 13.1. The molecular weight excluding hydrogens is 512 g/mol. The van der Waals surface area contributed by atoms with E-state index in [9.17, 15) is 19.2 Å². The van der Waals surface area contributed by atoms with Crippen LogP contribution in [0.4, 0.5) is 0 Å². The van der Waals surface area contributed by atoms with Gasteiger partial charge in [-0.1, -0.05) is 38.1 Å².